The van der Waals surface area contributed by atoms with Crippen LogP contribution in [0.1, 0.15) is 22.5 Å². The summed E-state index contributed by atoms with van der Waals surface area (Å²) in [5, 5.41) is 3.40. The van der Waals surface area contributed by atoms with E-state index in [0.29, 0.717) is 0 Å². The molecular formula is C14H14F6N4O2. The summed E-state index contributed by atoms with van der Waals surface area (Å²) >= 11 is 0. The number of aromatic nitrogens is 2. The highest BCUT2D eigenvalue weighted by molar-refractivity contribution is 5.93. The predicted octanol–water partition coefficient (Wildman–Crippen LogP) is 2.96. The summed E-state index contributed by atoms with van der Waals surface area (Å²) in [7, 11) is 1.44. The zero-order valence-corrected chi connectivity index (χ0v) is 13.2. The van der Waals surface area contributed by atoms with Crippen molar-refractivity contribution in [3.63, 3.8) is 0 Å². The third kappa shape index (κ3) is 5.57. The van der Waals surface area contributed by atoms with Crippen LogP contribution in [0.4, 0.5) is 32.0 Å². The molecule has 2 rings (SSSR count). The van der Waals surface area contributed by atoms with Crippen LogP contribution >= 0.6 is 0 Å². The van der Waals surface area contributed by atoms with E-state index < -0.39 is 36.3 Å². The van der Waals surface area contributed by atoms with Gasteiger partial charge in [-0.15, -0.1) is 0 Å². The zero-order chi connectivity index (χ0) is 20.1. The van der Waals surface area contributed by atoms with Crippen molar-refractivity contribution in [2.45, 2.75) is 19.0 Å². The lowest BCUT2D eigenvalue weighted by atomic mass is 10.2. The molecule has 0 aliphatic heterocycles. The Balaban J connectivity index is 0.000000263. The molecule has 0 bridgehead atoms. The number of carbonyl (C=O) groups is 1. The number of hydrogen-bond donors (Lipinski definition) is 2. The normalized spacial score (nSPS) is 11.3. The third-order valence-corrected chi connectivity index (χ3v) is 2.75. The number of ether oxygens (including phenoxy) is 1. The number of para-hydroxylation sites is 2. The Labute approximate surface area is 143 Å². The average Bonchev–Trinajstić information content (AvgIpc) is 2.92. The first-order chi connectivity index (χ1) is 12.0. The second kappa shape index (κ2) is 8.45. The molecule has 1 aromatic heterocycles. The highest BCUT2D eigenvalue weighted by Crippen LogP contribution is 2.30. The van der Waals surface area contributed by atoms with Crippen molar-refractivity contribution in [3.8, 4) is 5.75 Å². The number of nitrogen functional groups attached to an aromatic ring is 1. The summed E-state index contributed by atoms with van der Waals surface area (Å²) in [5.74, 6) is -1.35. The molecule has 0 aliphatic carbocycles. The maximum Gasteiger partial charge on any atom is 0.461 e. The molecule has 0 radical (unpaired) electrons. The third-order valence-electron chi connectivity index (χ3n) is 2.75. The fourth-order valence-electron chi connectivity index (χ4n) is 1.62. The Morgan fingerprint density at radius 3 is 2.23 bits per heavy atom. The Bertz CT molecular complexity index is 751. The van der Waals surface area contributed by atoms with Crippen molar-refractivity contribution in [2.75, 3.05) is 5.73 Å². The molecule has 0 fully saturated rings. The molecule has 0 saturated heterocycles. The molecule has 0 saturated carbocycles. The lowest BCUT2D eigenvalue weighted by Crippen LogP contribution is -2.33. The van der Waals surface area contributed by atoms with Gasteiger partial charge in [0.2, 0.25) is 0 Å². The van der Waals surface area contributed by atoms with Gasteiger partial charge in [-0.05, 0) is 12.1 Å². The number of benzene rings is 1. The van der Waals surface area contributed by atoms with Gasteiger partial charge in [-0.1, -0.05) is 12.1 Å². The monoisotopic (exact) mass is 384 g/mol. The Morgan fingerprint density at radius 2 is 1.81 bits per heavy atom. The standard InChI is InChI=1S/C8H7F4NO.C6H7F2N3O/c9-7(10)8(11,12)14-6-4-2-1-3-5(6)13;1-11-2-3(6(9)12)4(10-11)5(7)8/h1-4,7H,13H2;2,5H,1H3,(H2,9,12). The number of rotatable bonds is 5. The van der Waals surface area contributed by atoms with Gasteiger partial charge in [-0.3, -0.25) is 9.48 Å². The lowest BCUT2D eigenvalue weighted by Gasteiger charge is -2.17. The van der Waals surface area contributed by atoms with Crippen LogP contribution in [0.5, 0.6) is 5.75 Å². The summed E-state index contributed by atoms with van der Waals surface area (Å²) in [6, 6.07) is 5.19. The van der Waals surface area contributed by atoms with E-state index in [1.807, 2.05) is 0 Å². The lowest BCUT2D eigenvalue weighted by molar-refractivity contribution is -0.252. The second-order valence-corrected chi connectivity index (χ2v) is 4.77. The molecular weight excluding hydrogens is 370 g/mol. The van der Waals surface area contributed by atoms with Gasteiger partial charge in [-0.2, -0.15) is 22.7 Å². The van der Waals surface area contributed by atoms with E-state index in [9.17, 15) is 31.1 Å². The molecule has 0 unspecified atom stereocenters. The fourth-order valence-corrected chi connectivity index (χ4v) is 1.62. The molecule has 26 heavy (non-hydrogen) atoms. The van der Waals surface area contributed by atoms with Crippen molar-refractivity contribution < 1.29 is 35.9 Å². The molecule has 0 aliphatic rings. The minimum atomic E-state index is -4.52. The van der Waals surface area contributed by atoms with Crippen LogP contribution in [-0.2, 0) is 7.05 Å². The van der Waals surface area contributed by atoms with Crippen molar-refractivity contribution in [2.24, 2.45) is 12.8 Å². The summed E-state index contributed by atoms with van der Waals surface area (Å²) in [5.41, 5.74) is 9.15. The van der Waals surface area contributed by atoms with Crippen LogP contribution in [0.15, 0.2) is 30.5 Å². The van der Waals surface area contributed by atoms with Gasteiger partial charge in [0, 0.05) is 13.2 Å². The van der Waals surface area contributed by atoms with Crippen molar-refractivity contribution in [1.82, 2.24) is 9.78 Å². The van der Waals surface area contributed by atoms with E-state index in [1.165, 1.54) is 31.4 Å². The molecule has 1 amide bonds. The summed E-state index contributed by atoms with van der Waals surface area (Å²) in [6.07, 6.45) is -10.0. The minimum Gasteiger partial charge on any atom is -0.426 e. The van der Waals surface area contributed by atoms with Crippen molar-refractivity contribution in [3.05, 3.63) is 41.7 Å². The molecule has 12 heteroatoms. The number of primary amides is 1. The minimum absolute atomic E-state index is 0.118. The maximum absolute atomic E-state index is 12.4. The number of hydrogen-bond acceptors (Lipinski definition) is 4. The first-order valence-electron chi connectivity index (χ1n) is 6.76. The van der Waals surface area contributed by atoms with Crippen molar-refractivity contribution >= 4 is 11.6 Å². The first-order valence-corrected chi connectivity index (χ1v) is 6.76. The van der Waals surface area contributed by atoms with Crippen LogP contribution in [0, 0.1) is 0 Å². The Kier molecular flexibility index (Phi) is 6.86. The highest BCUT2D eigenvalue weighted by atomic mass is 19.3. The molecule has 1 heterocycles. The molecule has 2 aromatic rings. The molecule has 144 valence electrons. The van der Waals surface area contributed by atoms with E-state index >= 15 is 0 Å². The fraction of sp³-hybridized carbons (Fsp3) is 0.286. The number of anilines is 1. The first kappa shape index (κ1) is 21.1. The van der Waals surface area contributed by atoms with Gasteiger partial charge in [-0.25, -0.2) is 8.78 Å². The van der Waals surface area contributed by atoms with Crippen LogP contribution < -0.4 is 16.2 Å². The molecule has 4 N–H and O–H groups in total. The topological polar surface area (TPSA) is 96.2 Å². The van der Waals surface area contributed by atoms with Gasteiger partial charge in [0.1, 0.15) is 11.4 Å². The van der Waals surface area contributed by atoms with Crippen molar-refractivity contribution in [1.29, 1.82) is 0 Å². The van der Waals surface area contributed by atoms with Crippen LogP contribution in [-0.4, -0.2) is 28.2 Å². The molecule has 6 nitrogen and oxygen atoms in total. The number of amides is 1. The summed E-state index contributed by atoms with van der Waals surface area (Å²) < 4.78 is 77.3. The number of alkyl halides is 6. The van der Waals surface area contributed by atoms with E-state index in [0.717, 1.165) is 10.7 Å². The molecule has 1 aromatic carbocycles. The average molecular weight is 384 g/mol. The van der Waals surface area contributed by atoms with E-state index in [4.69, 9.17) is 11.5 Å². The van der Waals surface area contributed by atoms with Gasteiger partial charge < -0.3 is 16.2 Å². The summed E-state index contributed by atoms with van der Waals surface area (Å²) in [4.78, 5) is 10.6. The Morgan fingerprint density at radius 1 is 1.23 bits per heavy atom. The number of aryl methyl sites for hydroxylation is 1. The predicted molar refractivity (Wildman–Crippen MR) is 79.1 cm³/mol. The number of halogens is 6. The van der Waals surface area contributed by atoms with E-state index in [2.05, 4.69) is 9.84 Å². The largest absolute Gasteiger partial charge is 0.461 e. The maximum atomic E-state index is 12.4. The van der Waals surface area contributed by atoms with Crippen LogP contribution in [0.2, 0.25) is 0 Å². The number of nitrogens with two attached hydrogens (primary N) is 2. The number of carbonyl (C=O) groups excluding carboxylic acids is 1. The zero-order valence-electron chi connectivity index (χ0n) is 13.2. The van der Waals surface area contributed by atoms with Gasteiger partial charge in [0.15, 0.2) is 0 Å². The SMILES string of the molecule is Cn1cc(C(N)=O)c(C(F)F)n1.Nc1ccccc1OC(F)(F)C(F)F. The number of nitrogens with zero attached hydrogens (tertiary/aromatic N) is 2. The van der Waals surface area contributed by atoms with E-state index in [-0.39, 0.29) is 11.3 Å². The van der Waals surface area contributed by atoms with Gasteiger partial charge in [0.25, 0.3) is 12.3 Å². The van der Waals surface area contributed by atoms with Crippen LogP contribution in [0.25, 0.3) is 0 Å². The van der Waals surface area contributed by atoms with Gasteiger partial charge in [0.05, 0.1) is 11.3 Å². The Hall–Kier alpha value is -2.92. The van der Waals surface area contributed by atoms with Crippen LogP contribution in [0.3, 0.4) is 0 Å². The highest BCUT2D eigenvalue weighted by Gasteiger charge is 2.44. The van der Waals surface area contributed by atoms with Gasteiger partial charge >= 0.3 is 12.5 Å². The summed E-state index contributed by atoms with van der Waals surface area (Å²) in [6.45, 7) is 0. The second-order valence-electron chi connectivity index (χ2n) is 4.77. The molecule has 0 spiro atoms. The van der Waals surface area contributed by atoms with E-state index in [1.54, 1.807) is 0 Å². The quantitative estimate of drug-likeness (QED) is 0.612. The smallest absolute Gasteiger partial charge is 0.426 e. The molecule has 0 atom stereocenters.